The van der Waals surface area contributed by atoms with Gasteiger partial charge >= 0.3 is 0 Å². The number of carbonyl (C=O) groups excluding carboxylic acids is 1. The smallest absolute Gasteiger partial charge is 0.229 e. The summed E-state index contributed by atoms with van der Waals surface area (Å²) in [6.07, 6.45) is 5.65. The zero-order valence-corrected chi connectivity index (χ0v) is 11.0. The molecule has 1 amide bonds. The van der Waals surface area contributed by atoms with Gasteiger partial charge in [0.25, 0.3) is 0 Å². The van der Waals surface area contributed by atoms with Crippen LogP contribution in [0, 0.1) is 11.3 Å². The highest BCUT2D eigenvalue weighted by atomic mass is 16.2. The largest absolute Gasteiger partial charge is 0.337 e. The number of carbonyl (C=O) groups is 1. The molecule has 1 aromatic carbocycles. The van der Waals surface area contributed by atoms with Gasteiger partial charge in [-0.3, -0.25) is 4.79 Å². The fourth-order valence-corrected chi connectivity index (χ4v) is 3.24. The lowest BCUT2D eigenvalue weighted by Gasteiger charge is -2.36. The van der Waals surface area contributed by atoms with Crippen molar-refractivity contribution in [2.75, 3.05) is 0 Å². The molecule has 0 saturated heterocycles. The number of fused-ring (bicyclic) bond motifs is 1. The summed E-state index contributed by atoms with van der Waals surface area (Å²) in [5, 5.41) is 12.4. The van der Waals surface area contributed by atoms with E-state index in [1.54, 1.807) is 0 Å². The molecular weight excluding hydrogens is 236 g/mol. The highest BCUT2D eigenvalue weighted by molar-refractivity contribution is 5.87. The van der Waals surface area contributed by atoms with Gasteiger partial charge in [-0.05, 0) is 30.4 Å². The molecule has 2 aliphatic carbocycles. The van der Waals surface area contributed by atoms with Gasteiger partial charge in [-0.15, -0.1) is 0 Å². The Morgan fingerprint density at radius 1 is 1.26 bits per heavy atom. The minimum absolute atomic E-state index is 0.0298. The maximum Gasteiger partial charge on any atom is 0.229 e. The number of hydrogen-bond donors (Lipinski definition) is 1. The van der Waals surface area contributed by atoms with E-state index in [0.29, 0.717) is 0 Å². The summed E-state index contributed by atoms with van der Waals surface area (Å²) in [4.78, 5) is 12.4. The highest BCUT2D eigenvalue weighted by Crippen LogP contribution is 2.36. The molecule has 1 aromatic rings. The molecule has 0 radical (unpaired) electrons. The van der Waals surface area contributed by atoms with Gasteiger partial charge in [-0.2, -0.15) is 5.26 Å². The zero-order valence-electron chi connectivity index (χ0n) is 11.0. The predicted octanol–water partition coefficient (Wildman–Crippen LogP) is 2.67. The molecular formula is C16H18N2O. The fraction of sp³-hybridized carbons (Fsp3) is 0.500. The Balaban J connectivity index is 1.71. The summed E-state index contributed by atoms with van der Waals surface area (Å²) in [6, 6.07) is 10.4. The molecule has 0 bridgehead atoms. The maximum atomic E-state index is 12.4. The summed E-state index contributed by atoms with van der Waals surface area (Å²) in [5.41, 5.74) is 1.78. The first-order chi connectivity index (χ1) is 9.24. The second-order valence-corrected chi connectivity index (χ2v) is 5.70. The molecule has 0 spiro atoms. The second-order valence-electron chi connectivity index (χ2n) is 5.70. The quantitative estimate of drug-likeness (QED) is 0.882. The number of rotatable bonds is 2. The van der Waals surface area contributed by atoms with E-state index in [1.165, 1.54) is 12.0 Å². The molecule has 0 aliphatic heterocycles. The first kappa shape index (κ1) is 12.2. The maximum absolute atomic E-state index is 12.4. The van der Waals surface area contributed by atoms with Crippen LogP contribution in [-0.4, -0.2) is 11.4 Å². The minimum Gasteiger partial charge on any atom is -0.337 e. The van der Waals surface area contributed by atoms with Crippen LogP contribution in [0.3, 0.4) is 0 Å². The number of nitriles is 1. The number of amides is 1. The number of nitrogens with zero attached hydrogens (tertiary/aromatic N) is 1. The SMILES string of the molecule is N#CC1(NC(=O)C2Cc3ccccc32)CCCCC1. The van der Waals surface area contributed by atoms with Gasteiger partial charge in [0.15, 0.2) is 0 Å². The van der Waals surface area contributed by atoms with E-state index in [-0.39, 0.29) is 11.8 Å². The molecule has 3 rings (SSSR count). The van der Waals surface area contributed by atoms with E-state index in [1.807, 2.05) is 18.2 Å². The molecule has 98 valence electrons. The topological polar surface area (TPSA) is 52.9 Å². The van der Waals surface area contributed by atoms with Gasteiger partial charge < -0.3 is 5.32 Å². The molecule has 1 saturated carbocycles. The van der Waals surface area contributed by atoms with Gasteiger partial charge in [0, 0.05) is 0 Å². The van der Waals surface area contributed by atoms with Crippen LogP contribution in [0.4, 0.5) is 0 Å². The van der Waals surface area contributed by atoms with E-state index in [4.69, 9.17) is 0 Å². The van der Waals surface area contributed by atoms with E-state index in [2.05, 4.69) is 17.5 Å². The Morgan fingerprint density at radius 3 is 2.68 bits per heavy atom. The minimum atomic E-state index is -0.611. The van der Waals surface area contributed by atoms with Gasteiger partial charge in [0.05, 0.1) is 12.0 Å². The Bertz CT molecular complexity index is 538. The summed E-state index contributed by atoms with van der Waals surface area (Å²) >= 11 is 0. The van der Waals surface area contributed by atoms with Crippen molar-refractivity contribution < 1.29 is 4.79 Å². The normalized spacial score (nSPS) is 23.6. The molecule has 0 heterocycles. The fourth-order valence-electron chi connectivity index (χ4n) is 3.24. The van der Waals surface area contributed by atoms with Crippen LogP contribution >= 0.6 is 0 Å². The molecule has 0 aromatic heterocycles. The third-order valence-corrected chi connectivity index (χ3v) is 4.45. The standard InChI is InChI=1S/C16H18N2O/c17-11-16(8-4-1-5-9-16)18-15(19)14-10-12-6-2-3-7-13(12)14/h2-3,6-7,14H,1,4-5,8-10H2,(H,18,19). The van der Waals surface area contributed by atoms with Crippen molar-refractivity contribution in [1.82, 2.24) is 5.32 Å². The van der Waals surface area contributed by atoms with Crippen molar-refractivity contribution >= 4 is 5.91 Å². The lowest BCUT2D eigenvalue weighted by atomic mass is 9.76. The predicted molar refractivity (Wildman–Crippen MR) is 72.5 cm³/mol. The molecule has 19 heavy (non-hydrogen) atoms. The molecule has 1 fully saturated rings. The lowest BCUT2D eigenvalue weighted by molar-refractivity contribution is -0.124. The third-order valence-electron chi connectivity index (χ3n) is 4.45. The molecule has 1 unspecified atom stereocenters. The zero-order chi connectivity index (χ0) is 13.3. The highest BCUT2D eigenvalue weighted by Gasteiger charge is 2.38. The Labute approximate surface area is 113 Å². The Morgan fingerprint density at radius 2 is 2.00 bits per heavy atom. The van der Waals surface area contributed by atoms with Crippen LogP contribution in [0.2, 0.25) is 0 Å². The van der Waals surface area contributed by atoms with Crippen LogP contribution in [0.5, 0.6) is 0 Å². The third kappa shape index (κ3) is 2.12. The van der Waals surface area contributed by atoms with Crippen LogP contribution < -0.4 is 5.32 Å². The summed E-state index contributed by atoms with van der Waals surface area (Å²) in [6.45, 7) is 0. The monoisotopic (exact) mass is 254 g/mol. The first-order valence-electron chi connectivity index (χ1n) is 7.05. The lowest BCUT2D eigenvalue weighted by Crippen LogP contribution is -2.51. The van der Waals surface area contributed by atoms with Crippen molar-refractivity contribution in [1.29, 1.82) is 5.26 Å². The van der Waals surface area contributed by atoms with Crippen LogP contribution in [0.25, 0.3) is 0 Å². The van der Waals surface area contributed by atoms with Crippen LogP contribution in [-0.2, 0) is 11.2 Å². The van der Waals surface area contributed by atoms with Gasteiger partial charge in [-0.1, -0.05) is 43.5 Å². The van der Waals surface area contributed by atoms with E-state index >= 15 is 0 Å². The Kier molecular flexibility index (Phi) is 3.02. The van der Waals surface area contributed by atoms with Crippen molar-refractivity contribution in [3.8, 4) is 6.07 Å². The number of hydrogen-bond acceptors (Lipinski definition) is 2. The van der Waals surface area contributed by atoms with Crippen molar-refractivity contribution in [3.05, 3.63) is 35.4 Å². The molecule has 2 aliphatic rings. The molecule has 1 N–H and O–H groups in total. The van der Waals surface area contributed by atoms with Crippen molar-refractivity contribution in [3.63, 3.8) is 0 Å². The molecule has 1 atom stereocenters. The van der Waals surface area contributed by atoms with Gasteiger partial charge in [-0.25, -0.2) is 0 Å². The number of nitrogens with one attached hydrogen (secondary N) is 1. The van der Waals surface area contributed by atoms with Gasteiger partial charge in [0.1, 0.15) is 5.54 Å². The van der Waals surface area contributed by atoms with E-state index < -0.39 is 5.54 Å². The summed E-state index contributed by atoms with van der Waals surface area (Å²) < 4.78 is 0. The Hall–Kier alpha value is -1.82. The molecule has 3 heteroatoms. The van der Waals surface area contributed by atoms with Gasteiger partial charge in [0.2, 0.25) is 5.91 Å². The van der Waals surface area contributed by atoms with Crippen LogP contribution in [0.15, 0.2) is 24.3 Å². The van der Waals surface area contributed by atoms with Crippen molar-refractivity contribution in [2.24, 2.45) is 0 Å². The average Bonchev–Trinajstić information content (AvgIpc) is 2.41. The van der Waals surface area contributed by atoms with Crippen LogP contribution in [0.1, 0.15) is 49.1 Å². The summed E-state index contributed by atoms with van der Waals surface area (Å²) in [5.74, 6) is -0.0227. The van der Waals surface area contributed by atoms with E-state index in [9.17, 15) is 10.1 Å². The number of benzene rings is 1. The van der Waals surface area contributed by atoms with E-state index in [0.717, 1.165) is 37.7 Å². The summed E-state index contributed by atoms with van der Waals surface area (Å²) in [7, 11) is 0. The molecule has 3 nitrogen and oxygen atoms in total. The average molecular weight is 254 g/mol. The van der Waals surface area contributed by atoms with Crippen molar-refractivity contribution in [2.45, 2.75) is 50.0 Å². The second kappa shape index (κ2) is 4.70. The first-order valence-corrected chi connectivity index (χ1v) is 7.05.